The Balaban J connectivity index is 1.31. The summed E-state index contributed by atoms with van der Waals surface area (Å²) in [6, 6.07) is 5.94. The first-order chi connectivity index (χ1) is 14.3. The summed E-state index contributed by atoms with van der Waals surface area (Å²) in [5.74, 6) is 1.95. The minimum Gasteiger partial charge on any atom is -0.356 e. The van der Waals surface area contributed by atoms with Crippen LogP contribution in [0.15, 0.2) is 41.0 Å². The number of aliphatic imine (C=N–C) groups is 1. The Kier molecular flexibility index (Phi) is 8.34. The van der Waals surface area contributed by atoms with Crippen molar-refractivity contribution in [3.8, 4) is 0 Å². The molecule has 29 heavy (non-hydrogen) atoms. The number of hydrogen-bond acceptors (Lipinski definition) is 4. The molecule has 1 amide bonds. The number of hydrogen-bond donors (Lipinski definition) is 2. The summed E-state index contributed by atoms with van der Waals surface area (Å²) < 4.78 is 0. The molecule has 1 aromatic rings. The summed E-state index contributed by atoms with van der Waals surface area (Å²) >= 11 is 0. The first-order valence-corrected chi connectivity index (χ1v) is 10.8. The van der Waals surface area contributed by atoms with Crippen molar-refractivity contribution in [1.29, 1.82) is 0 Å². The molecular weight excluding hydrogens is 364 g/mol. The Morgan fingerprint density at radius 1 is 1.14 bits per heavy atom. The summed E-state index contributed by atoms with van der Waals surface area (Å²) in [6.07, 6.45) is 10.8. The first kappa shape index (κ1) is 21.1. The Bertz CT molecular complexity index is 695. The van der Waals surface area contributed by atoms with E-state index in [1.165, 1.54) is 25.7 Å². The summed E-state index contributed by atoms with van der Waals surface area (Å²) in [7, 11) is 1.77. The van der Waals surface area contributed by atoms with Crippen LogP contribution in [0, 0.1) is 0 Å². The van der Waals surface area contributed by atoms with Gasteiger partial charge in [0.2, 0.25) is 5.91 Å². The Morgan fingerprint density at radius 2 is 1.97 bits per heavy atom. The molecule has 0 saturated carbocycles. The van der Waals surface area contributed by atoms with E-state index in [0.29, 0.717) is 13.0 Å². The van der Waals surface area contributed by atoms with Gasteiger partial charge in [-0.3, -0.25) is 9.79 Å². The molecule has 2 N–H and O–H groups in total. The third-order valence-corrected chi connectivity index (χ3v) is 5.58. The van der Waals surface area contributed by atoms with Gasteiger partial charge in [-0.15, -0.1) is 0 Å². The molecule has 2 aliphatic rings. The highest BCUT2D eigenvalue weighted by atomic mass is 16.2. The van der Waals surface area contributed by atoms with Crippen molar-refractivity contribution in [1.82, 2.24) is 20.5 Å². The van der Waals surface area contributed by atoms with Gasteiger partial charge in [-0.1, -0.05) is 17.7 Å². The van der Waals surface area contributed by atoms with Gasteiger partial charge in [0.15, 0.2) is 5.96 Å². The lowest BCUT2D eigenvalue weighted by Gasteiger charge is -2.35. The van der Waals surface area contributed by atoms with Crippen LogP contribution in [0.4, 0.5) is 5.82 Å². The maximum atomic E-state index is 12.5. The predicted molar refractivity (Wildman–Crippen MR) is 118 cm³/mol. The van der Waals surface area contributed by atoms with Crippen LogP contribution in [0.1, 0.15) is 38.5 Å². The zero-order valence-corrected chi connectivity index (χ0v) is 17.6. The van der Waals surface area contributed by atoms with E-state index in [1.807, 2.05) is 29.3 Å². The molecule has 0 bridgehead atoms. The molecule has 2 heterocycles. The SMILES string of the molecule is CN=C(NCCC(=O)N1CCN(c2ccccn2)CC1)NCCC1=CCCCC1. The van der Waals surface area contributed by atoms with E-state index in [1.54, 1.807) is 12.6 Å². The van der Waals surface area contributed by atoms with Crippen LogP contribution in [0.25, 0.3) is 0 Å². The predicted octanol–water partition coefficient (Wildman–Crippen LogP) is 2.18. The molecule has 1 aromatic heterocycles. The van der Waals surface area contributed by atoms with Crippen molar-refractivity contribution in [2.45, 2.75) is 38.5 Å². The second-order valence-electron chi connectivity index (χ2n) is 7.59. The number of nitrogens with one attached hydrogen (secondary N) is 2. The fourth-order valence-electron chi connectivity index (χ4n) is 3.87. The highest BCUT2D eigenvalue weighted by Gasteiger charge is 2.21. The number of guanidine groups is 1. The molecule has 0 atom stereocenters. The highest BCUT2D eigenvalue weighted by Crippen LogP contribution is 2.19. The molecule has 1 saturated heterocycles. The Hall–Kier alpha value is -2.57. The smallest absolute Gasteiger partial charge is 0.224 e. The zero-order chi connectivity index (χ0) is 20.3. The third-order valence-electron chi connectivity index (χ3n) is 5.58. The number of rotatable bonds is 7. The Morgan fingerprint density at radius 3 is 2.66 bits per heavy atom. The number of carbonyl (C=O) groups excluding carboxylic acids is 1. The monoisotopic (exact) mass is 398 g/mol. The number of allylic oxidation sites excluding steroid dienone is 1. The van der Waals surface area contributed by atoms with E-state index in [2.05, 4.69) is 31.6 Å². The minimum absolute atomic E-state index is 0.195. The number of nitrogens with zero attached hydrogens (tertiary/aromatic N) is 4. The van der Waals surface area contributed by atoms with Gasteiger partial charge < -0.3 is 20.4 Å². The van der Waals surface area contributed by atoms with Crippen molar-refractivity contribution >= 4 is 17.7 Å². The Labute approximate surface area is 174 Å². The van der Waals surface area contributed by atoms with E-state index in [9.17, 15) is 4.79 Å². The van der Waals surface area contributed by atoms with Crippen molar-refractivity contribution in [2.24, 2.45) is 4.99 Å². The molecule has 7 heteroatoms. The molecule has 0 unspecified atom stereocenters. The fraction of sp³-hybridized carbons (Fsp3) is 0.591. The fourth-order valence-corrected chi connectivity index (χ4v) is 3.87. The molecule has 1 aliphatic carbocycles. The first-order valence-electron chi connectivity index (χ1n) is 10.8. The lowest BCUT2D eigenvalue weighted by atomic mass is 9.97. The maximum absolute atomic E-state index is 12.5. The van der Waals surface area contributed by atoms with Gasteiger partial charge in [0.25, 0.3) is 0 Å². The van der Waals surface area contributed by atoms with Crippen molar-refractivity contribution < 1.29 is 4.79 Å². The lowest BCUT2D eigenvalue weighted by Crippen LogP contribution is -2.49. The molecule has 158 valence electrons. The largest absolute Gasteiger partial charge is 0.356 e. The van der Waals surface area contributed by atoms with E-state index in [-0.39, 0.29) is 5.91 Å². The van der Waals surface area contributed by atoms with Gasteiger partial charge in [-0.25, -0.2) is 4.98 Å². The highest BCUT2D eigenvalue weighted by molar-refractivity contribution is 5.81. The molecule has 1 fully saturated rings. The van der Waals surface area contributed by atoms with Crippen LogP contribution in [-0.2, 0) is 4.79 Å². The molecule has 7 nitrogen and oxygen atoms in total. The summed E-state index contributed by atoms with van der Waals surface area (Å²) in [6.45, 7) is 4.64. The standard InChI is InChI=1S/C22H34N6O/c1-23-22(25-13-10-19-7-3-2-4-8-19)26-14-11-21(29)28-17-15-27(16-18-28)20-9-5-6-12-24-20/h5-7,9,12H,2-4,8,10-11,13-18H2,1H3,(H2,23,25,26). The molecule has 0 radical (unpaired) electrons. The molecule has 0 spiro atoms. The van der Waals surface area contributed by atoms with Crippen LogP contribution in [0.5, 0.6) is 0 Å². The van der Waals surface area contributed by atoms with Gasteiger partial charge in [-0.05, 0) is 44.2 Å². The number of amides is 1. The topological polar surface area (TPSA) is 72.9 Å². The van der Waals surface area contributed by atoms with E-state index in [0.717, 1.165) is 50.9 Å². The third kappa shape index (κ3) is 6.76. The average molecular weight is 399 g/mol. The normalized spacial score (nSPS) is 17.7. The number of pyridine rings is 1. The second kappa shape index (κ2) is 11.4. The maximum Gasteiger partial charge on any atom is 0.224 e. The summed E-state index contributed by atoms with van der Waals surface area (Å²) in [4.78, 5) is 25.4. The molecule has 0 aromatic carbocycles. The molecular formula is C22H34N6O. The lowest BCUT2D eigenvalue weighted by molar-refractivity contribution is -0.131. The van der Waals surface area contributed by atoms with E-state index >= 15 is 0 Å². The van der Waals surface area contributed by atoms with Crippen molar-refractivity contribution in [2.75, 3.05) is 51.2 Å². The van der Waals surface area contributed by atoms with Crippen LogP contribution in [-0.4, -0.2) is 68.1 Å². The quantitative estimate of drug-likeness (QED) is 0.418. The zero-order valence-electron chi connectivity index (χ0n) is 17.6. The minimum atomic E-state index is 0.195. The van der Waals surface area contributed by atoms with Gasteiger partial charge >= 0.3 is 0 Å². The van der Waals surface area contributed by atoms with Crippen LogP contribution >= 0.6 is 0 Å². The van der Waals surface area contributed by atoms with E-state index < -0.39 is 0 Å². The van der Waals surface area contributed by atoms with Gasteiger partial charge in [0, 0.05) is 58.9 Å². The molecule has 3 rings (SSSR count). The number of aromatic nitrogens is 1. The van der Waals surface area contributed by atoms with Crippen molar-refractivity contribution in [3.63, 3.8) is 0 Å². The van der Waals surface area contributed by atoms with Crippen LogP contribution < -0.4 is 15.5 Å². The van der Waals surface area contributed by atoms with Gasteiger partial charge in [0.05, 0.1) is 0 Å². The van der Waals surface area contributed by atoms with Gasteiger partial charge in [-0.2, -0.15) is 0 Å². The molecule has 1 aliphatic heterocycles. The number of carbonyl (C=O) groups is 1. The second-order valence-corrected chi connectivity index (χ2v) is 7.59. The summed E-state index contributed by atoms with van der Waals surface area (Å²) in [5, 5.41) is 6.62. The summed E-state index contributed by atoms with van der Waals surface area (Å²) in [5.41, 5.74) is 1.55. The number of anilines is 1. The van der Waals surface area contributed by atoms with Crippen LogP contribution in [0.2, 0.25) is 0 Å². The average Bonchev–Trinajstić information content (AvgIpc) is 2.79. The van der Waals surface area contributed by atoms with E-state index in [4.69, 9.17) is 0 Å². The van der Waals surface area contributed by atoms with Crippen LogP contribution in [0.3, 0.4) is 0 Å². The van der Waals surface area contributed by atoms with Gasteiger partial charge in [0.1, 0.15) is 5.82 Å². The van der Waals surface area contributed by atoms with Crippen molar-refractivity contribution in [3.05, 3.63) is 36.0 Å². The number of piperazine rings is 1.